The van der Waals surface area contributed by atoms with Crippen molar-refractivity contribution in [1.82, 2.24) is 15.1 Å². The lowest BCUT2D eigenvalue weighted by atomic mass is 10.2. The summed E-state index contributed by atoms with van der Waals surface area (Å²) < 4.78 is 0.540. The predicted octanol–water partition coefficient (Wildman–Crippen LogP) is 2.12. The van der Waals surface area contributed by atoms with E-state index in [9.17, 15) is 9.59 Å². The van der Waals surface area contributed by atoms with Crippen LogP contribution in [0.25, 0.3) is 0 Å². The highest BCUT2D eigenvalue weighted by atomic mass is 32.2. The first-order valence-corrected chi connectivity index (χ1v) is 8.19. The van der Waals surface area contributed by atoms with E-state index in [4.69, 9.17) is 5.11 Å². The molecule has 1 saturated heterocycles. The Morgan fingerprint density at radius 3 is 2.60 bits per heavy atom. The Morgan fingerprint density at radius 2 is 1.95 bits per heavy atom. The number of hydrogen-bond donors (Lipinski definition) is 2. The second kappa shape index (κ2) is 7.44. The number of urea groups is 1. The number of anilines is 1. The maximum atomic E-state index is 12.0. The first-order valence-electron chi connectivity index (χ1n) is 6.39. The van der Waals surface area contributed by atoms with E-state index in [2.05, 4.69) is 15.5 Å². The maximum absolute atomic E-state index is 12.0. The third-order valence-electron chi connectivity index (χ3n) is 2.83. The highest BCUT2D eigenvalue weighted by Gasteiger charge is 2.17. The van der Waals surface area contributed by atoms with Crippen molar-refractivity contribution in [3.8, 4) is 0 Å². The molecule has 0 aliphatic carbocycles. The highest BCUT2D eigenvalue weighted by Crippen LogP contribution is 2.25. The first-order chi connectivity index (χ1) is 9.65. The molecule has 20 heavy (non-hydrogen) atoms. The number of aromatic nitrogens is 2. The number of nitrogens with one attached hydrogen (secondary N) is 1. The molecule has 1 aromatic rings. The smallest absolute Gasteiger partial charge is 0.323 e. The average Bonchev–Trinajstić information content (AvgIpc) is 2.68. The van der Waals surface area contributed by atoms with E-state index in [0.29, 0.717) is 9.47 Å². The molecule has 0 unspecified atom stereocenters. The number of rotatable bonds is 4. The van der Waals surface area contributed by atoms with Crippen LogP contribution in [0, 0.1) is 0 Å². The molecule has 0 spiro atoms. The first kappa shape index (κ1) is 15.0. The SMILES string of the molecule is O=C(O)CSc1nnc(NC(=O)N2CCCCCC2)s1. The van der Waals surface area contributed by atoms with Crippen molar-refractivity contribution in [2.24, 2.45) is 0 Å². The molecule has 0 saturated carbocycles. The number of hydrogen-bond acceptors (Lipinski definition) is 6. The monoisotopic (exact) mass is 316 g/mol. The number of carboxylic acid groups (broad SMARTS) is 1. The van der Waals surface area contributed by atoms with Gasteiger partial charge in [0.15, 0.2) is 4.34 Å². The second-order valence-corrected chi connectivity index (χ2v) is 6.59. The largest absolute Gasteiger partial charge is 0.481 e. The molecule has 2 N–H and O–H groups in total. The Labute approximate surface area is 124 Å². The van der Waals surface area contributed by atoms with E-state index in [1.807, 2.05) is 0 Å². The molecule has 1 fully saturated rings. The van der Waals surface area contributed by atoms with Gasteiger partial charge in [-0.3, -0.25) is 10.1 Å². The van der Waals surface area contributed by atoms with Crippen molar-refractivity contribution < 1.29 is 14.7 Å². The quantitative estimate of drug-likeness (QED) is 0.652. The predicted molar refractivity (Wildman–Crippen MR) is 77.3 cm³/mol. The average molecular weight is 316 g/mol. The van der Waals surface area contributed by atoms with Gasteiger partial charge in [0.05, 0.1) is 5.75 Å². The van der Waals surface area contributed by atoms with Crippen molar-refractivity contribution in [1.29, 1.82) is 0 Å². The minimum atomic E-state index is -0.902. The number of carboxylic acids is 1. The van der Waals surface area contributed by atoms with Crippen LogP contribution in [0.2, 0.25) is 0 Å². The Hall–Kier alpha value is -1.35. The number of amides is 2. The molecule has 1 aliphatic heterocycles. The minimum absolute atomic E-state index is 0.0608. The van der Waals surface area contributed by atoms with Gasteiger partial charge in [0.2, 0.25) is 5.13 Å². The molecule has 0 bridgehead atoms. The van der Waals surface area contributed by atoms with Crippen molar-refractivity contribution in [2.75, 3.05) is 24.2 Å². The number of thioether (sulfide) groups is 1. The molecule has 0 aromatic carbocycles. The third-order valence-corrected chi connectivity index (χ3v) is 4.79. The molecule has 1 aliphatic rings. The van der Waals surface area contributed by atoms with Crippen molar-refractivity contribution >= 4 is 40.2 Å². The van der Waals surface area contributed by atoms with Crippen LogP contribution < -0.4 is 5.32 Å². The summed E-state index contributed by atoms with van der Waals surface area (Å²) in [6.07, 6.45) is 4.39. The molecule has 0 atom stereocenters. The zero-order valence-electron chi connectivity index (χ0n) is 10.9. The van der Waals surface area contributed by atoms with E-state index in [-0.39, 0.29) is 11.8 Å². The maximum Gasteiger partial charge on any atom is 0.323 e. The lowest BCUT2D eigenvalue weighted by Gasteiger charge is -2.19. The van der Waals surface area contributed by atoms with Gasteiger partial charge in [-0.25, -0.2) is 4.79 Å². The summed E-state index contributed by atoms with van der Waals surface area (Å²) in [5.41, 5.74) is 0. The summed E-state index contributed by atoms with van der Waals surface area (Å²) >= 11 is 2.29. The van der Waals surface area contributed by atoms with Crippen molar-refractivity contribution in [3.63, 3.8) is 0 Å². The number of nitrogens with zero attached hydrogens (tertiary/aromatic N) is 3. The van der Waals surface area contributed by atoms with Gasteiger partial charge in [0.25, 0.3) is 0 Å². The Morgan fingerprint density at radius 1 is 1.25 bits per heavy atom. The van der Waals surface area contributed by atoms with Crippen molar-refractivity contribution in [2.45, 2.75) is 30.0 Å². The van der Waals surface area contributed by atoms with Gasteiger partial charge in [-0.2, -0.15) is 0 Å². The summed E-state index contributed by atoms with van der Waals surface area (Å²) in [5, 5.41) is 19.4. The number of likely N-dealkylation sites (tertiary alicyclic amines) is 1. The van der Waals surface area contributed by atoms with Gasteiger partial charge >= 0.3 is 12.0 Å². The summed E-state index contributed by atoms with van der Waals surface area (Å²) in [7, 11) is 0. The third kappa shape index (κ3) is 4.64. The van der Waals surface area contributed by atoms with Crippen LogP contribution in [0.15, 0.2) is 4.34 Å². The van der Waals surface area contributed by atoms with Crippen LogP contribution >= 0.6 is 23.1 Å². The fraction of sp³-hybridized carbons (Fsp3) is 0.636. The van der Waals surface area contributed by atoms with Gasteiger partial charge in [-0.15, -0.1) is 10.2 Å². The van der Waals surface area contributed by atoms with Crippen LogP contribution in [-0.2, 0) is 4.79 Å². The summed E-state index contributed by atoms with van der Waals surface area (Å²) in [6.45, 7) is 1.54. The topological polar surface area (TPSA) is 95.4 Å². The van der Waals surface area contributed by atoms with Gasteiger partial charge in [0, 0.05) is 13.1 Å². The Kier molecular flexibility index (Phi) is 5.60. The molecule has 2 amide bonds. The van der Waals surface area contributed by atoms with Crippen LogP contribution in [0.5, 0.6) is 0 Å². The molecule has 110 valence electrons. The molecule has 1 aromatic heterocycles. The number of carbonyl (C=O) groups excluding carboxylic acids is 1. The molecule has 9 heteroatoms. The van der Waals surface area contributed by atoms with Gasteiger partial charge in [-0.05, 0) is 12.8 Å². The molecular weight excluding hydrogens is 300 g/mol. The molecule has 0 radical (unpaired) electrons. The molecule has 2 rings (SSSR count). The summed E-state index contributed by atoms with van der Waals surface area (Å²) in [4.78, 5) is 24.3. The van der Waals surface area contributed by atoms with Gasteiger partial charge < -0.3 is 10.0 Å². The van der Waals surface area contributed by atoms with E-state index in [1.165, 1.54) is 24.2 Å². The van der Waals surface area contributed by atoms with E-state index < -0.39 is 5.97 Å². The lowest BCUT2D eigenvalue weighted by Crippen LogP contribution is -2.35. The highest BCUT2D eigenvalue weighted by molar-refractivity contribution is 8.01. The second-order valence-electron chi connectivity index (χ2n) is 4.39. The van der Waals surface area contributed by atoms with Crippen LogP contribution in [0.3, 0.4) is 0 Å². The van der Waals surface area contributed by atoms with Gasteiger partial charge in [0.1, 0.15) is 0 Å². The minimum Gasteiger partial charge on any atom is -0.481 e. The Balaban J connectivity index is 1.85. The summed E-state index contributed by atoms with van der Waals surface area (Å²) in [5.74, 6) is -0.963. The number of aliphatic carboxylic acids is 1. The van der Waals surface area contributed by atoms with Crippen molar-refractivity contribution in [3.05, 3.63) is 0 Å². The fourth-order valence-electron chi connectivity index (χ4n) is 1.89. The van der Waals surface area contributed by atoms with Crippen LogP contribution in [-0.4, -0.2) is 51.0 Å². The standard InChI is InChI=1S/C11H16N4O3S2/c16-8(17)7-19-11-14-13-9(20-11)12-10(18)15-5-3-1-2-4-6-15/h1-7H2,(H,16,17)(H,12,13,18). The normalized spacial score (nSPS) is 15.7. The number of carbonyl (C=O) groups is 2. The van der Waals surface area contributed by atoms with Gasteiger partial charge in [-0.1, -0.05) is 35.9 Å². The van der Waals surface area contributed by atoms with E-state index >= 15 is 0 Å². The lowest BCUT2D eigenvalue weighted by molar-refractivity contribution is -0.133. The Bertz CT molecular complexity index is 472. The molecular formula is C11H16N4O3S2. The zero-order chi connectivity index (χ0) is 14.4. The summed E-state index contributed by atoms with van der Waals surface area (Å²) in [6, 6.07) is -0.155. The van der Waals surface area contributed by atoms with Crippen LogP contribution in [0.1, 0.15) is 25.7 Å². The van der Waals surface area contributed by atoms with E-state index in [1.54, 1.807) is 4.90 Å². The zero-order valence-corrected chi connectivity index (χ0v) is 12.5. The van der Waals surface area contributed by atoms with Crippen LogP contribution in [0.4, 0.5) is 9.93 Å². The fourth-order valence-corrected chi connectivity index (χ4v) is 3.35. The molecule has 7 nitrogen and oxygen atoms in total. The molecule has 2 heterocycles. The van der Waals surface area contributed by atoms with E-state index in [0.717, 1.165) is 37.7 Å².